The van der Waals surface area contributed by atoms with Crippen molar-refractivity contribution in [2.24, 2.45) is 5.92 Å². The first-order chi connectivity index (χ1) is 12.4. The fourth-order valence-electron chi connectivity index (χ4n) is 3.99. The van der Waals surface area contributed by atoms with Crippen molar-refractivity contribution in [2.75, 3.05) is 5.32 Å². The Balaban J connectivity index is 1.79. The van der Waals surface area contributed by atoms with Crippen molar-refractivity contribution in [3.05, 3.63) is 81.4 Å². The third-order valence-corrected chi connectivity index (χ3v) is 5.17. The Morgan fingerprint density at radius 3 is 2.50 bits per heavy atom. The summed E-state index contributed by atoms with van der Waals surface area (Å²) in [6.07, 6.45) is 0.246. The molecule has 0 saturated carbocycles. The predicted molar refractivity (Wildman–Crippen MR) is 90.9 cm³/mol. The molecule has 26 heavy (non-hydrogen) atoms. The molecular weight excluding hydrogens is 345 g/mol. The molecule has 1 aliphatic carbocycles. The van der Waals surface area contributed by atoms with E-state index in [2.05, 4.69) is 5.32 Å². The van der Waals surface area contributed by atoms with Gasteiger partial charge in [0.1, 0.15) is 0 Å². The molecule has 2 aromatic carbocycles. The maximum atomic E-state index is 13.5. The van der Waals surface area contributed by atoms with E-state index in [0.29, 0.717) is 5.56 Å². The summed E-state index contributed by atoms with van der Waals surface area (Å²) < 4.78 is 40.4. The molecule has 3 atom stereocenters. The number of para-hydroxylation sites is 1. The zero-order valence-electron chi connectivity index (χ0n) is 13.5. The predicted octanol–water partition coefficient (Wildman–Crippen LogP) is 5.44. The molecule has 0 saturated heterocycles. The number of nitro benzene ring substituents is 1. The molecule has 0 aromatic heterocycles. The second kappa shape index (κ2) is 5.86. The molecule has 134 valence electrons. The Morgan fingerprint density at radius 2 is 1.85 bits per heavy atom. The van der Waals surface area contributed by atoms with Crippen LogP contribution >= 0.6 is 0 Å². The van der Waals surface area contributed by atoms with Gasteiger partial charge in [0.25, 0.3) is 5.69 Å². The van der Waals surface area contributed by atoms with Crippen molar-refractivity contribution in [2.45, 2.75) is 24.6 Å². The zero-order chi connectivity index (χ0) is 18.5. The first-order valence-electron chi connectivity index (χ1n) is 8.24. The summed E-state index contributed by atoms with van der Waals surface area (Å²) in [4.78, 5) is 10.4. The Labute approximate surface area is 147 Å². The average molecular weight is 360 g/mol. The van der Waals surface area contributed by atoms with Gasteiger partial charge in [-0.25, -0.2) is 0 Å². The van der Waals surface area contributed by atoms with Crippen molar-refractivity contribution in [3.63, 3.8) is 0 Å². The third-order valence-electron chi connectivity index (χ3n) is 5.17. The second-order valence-electron chi connectivity index (χ2n) is 6.59. The third kappa shape index (κ3) is 2.64. The van der Waals surface area contributed by atoms with Gasteiger partial charge in [-0.15, -0.1) is 0 Å². The normalized spacial score (nSPS) is 23.9. The number of nitro groups is 1. The number of fused-ring (bicyclic) bond motifs is 3. The number of benzene rings is 2. The van der Waals surface area contributed by atoms with Gasteiger partial charge in [-0.2, -0.15) is 13.2 Å². The van der Waals surface area contributed by atoms with Crippen LogP contribution in [0.3, 0.4) is 0 Å². The molecule has 1 heterocycles. The molecule has 1 aliphatic heterocycles. The van der Waals surface area contributed by atoms with Gasteiger partial charge in [0.2, 0.25) is 0 Å². The number of nitrogens with zero attached hydrogens (tertiary/aromatic N) is 1. The molecule has 0 unspecified atom stereocenters. The number of hydrogen-bond donors (Lipinski definition) is 1. The summed E-state index contributed by atoms with van der Waals surface area (Å²) in [5.74, 6) is -0.0267. The molecule has 0 radical (unpaired) electrons. The number of alkyl halides is 3. The summed E-state index contributed by atoms with van der Waals surface area (Å²) in [7, 11) is 0. The first-order valence-corrected chi connectivity index (χ1v) is 8.24. The van der Waals surface area contributed by atoms with E-state index in [9.17, 15) is 23.3 Å². The number of allylic oxidation sites excluding steroid dienone is 2. The molecule has 4 rings (SSSR count). The zero-order valence-corrected chi connectivity index (χ0v) is 13.5. The maximum absolute atomic E-state index is 13.5. The smallest absolute Gasteiger partial charge is 0.377 e. The summed E-state index contributed by atoms with van der Waals surface area (Å²) >= 11 is 0. The van der Waals surface area contributed by atoms with Gasteiger partial charge in [0, 0.05) is 18.1 Å². The van der Waals surface area contributed by atoms with Gasteiger partial charge in [0.05, 0.1) is 22.2 Å². The number of non-ortho nitro benzene ring substituents is 1. The Morgan fingerprint density at radius 1 is 1.12 bits per heavy atom. The van der Waals surface area contributed by atoms with Crippen LogP contribution in [0.25, 0.3) is 0 Å². The Hall–Kier alpha value is -2.83. The van der Waals surface area contributed by atoms with Crippen LogP contribution in [0.5, 0.6) is 0 Å². The fourth-order valence-corrected chi connectivity index (χ4v) is 3.99. The van der Waals surface area contributed by atoms with Gasteiger partial charge in [-0.3, -0.25) is 10.1 Å². The highest BCUT2D eigenvalue weighted by Crippen LogP contribution is 2.52. The number of anilines is 1. The SMILES string of the molecule is O=[N+]([O-])c1ccc([C@@H]2Nc3c(cccc3C(F)(F)F)[C@@H]3C=CC[C@@H]32)cc1. The van der Waals surface area contributed by atoms with Gasteiger partial charge < -0.3 is 5.32 Å². The first kappa shape index (κ1) is 16.6. The summed E-state index contributed by atoms with van der Waals surface area (Å²) in [5, 5.41) is 13.9. The van der Waals surface area contributed by atoms with Crippen LogP contribution in [-0.4, -0.2) is 4.92 Å². The lowest BCUT2D eigenvalue weighted by Gasteiger charge is -2.38. The average Bonchev–Trinajstić information content (AvgIpc) is 3.09. The lowest BCUT2D eigenvalue weighted by atomic mass is 9.76. The molecule has 1 N–H and O–H groups in total. The quantitative estimate of drug-likeness (QED) is 0.441. The van der Waals surface area contributed by atoms with Crippen molar-refractivity contribution >= 4 is 11.4 Å². The second-order valence-corrected chi connectivity index (χ2v) is 6.59. The van der Waals surface area contributed by atoms with Crippen molar-refractivity contribution in [1.29, 1.82) is 0 Å². The molecule has 2 aromatic rings. The fraction of sp³-hybridized carbons (Fsp3) is 0.263. The van der Waals surface area contributed by atoms with Crippen LogP contribution in [0.4, 0.5) is 24.5 Å². The van der Waals surface area contributed by atoms with E-state index in [1.54, 1.807) is 18.2 Å². The van der Waals surface area contributed by atoms with E-state index < -0.39 is 16.7 Å². The molecule has 0 fully saturated rings. The van der Waals surface area contributed by atoms with Gasteiger partial charge in [-0.1, -0.05) is 36.4 Å². The van der Waals surface area contributed by atoms with Crippen LogP contribution in [0.1, 0.15) is 35.1 Å². The highest BCUT2D eigenvalue weighted by Gasteiger charge is 2.42. The number of nitrogens with one attached hydrogen (secondary N) is 1. The van der Waals surface area contributed by atoms with Crippen LogP contribution in [0.2, 0.25) is 0 Å². The van der Waals surface area contributed by atoms with Crippen molar-refractivity contribution < 1.29 is 18.1 Å². The van der Waals surface area contributed by atoms with Crippen LogP contribution in [-0.2, 0) is 6.18 Å². The van der Waals surface area contributed by atoms with Gasteiger partial charge in [0.15, 0.2) is 0 Å². The van der Waals surface area contributed by atoms with Crippen LogP contribution in [0.15, 0.2) is 54.6 Å². The van der Waals surface area contributed by atoms with Crippen LogP contribution in [0, 0.1) is 16.0 Å². The molecule has 2 aliphatic rings. The van der Waals surface area contributed by atoms with Gasteiger partial charge in [-0.05, 0) is 29.5 Å². The number of rotatable bonds is 2. The minimum Gasteiger partial charge on any atom is -0.377 e. The standard InChI is InChI=1S/C19H15F3N2O2/c20-19(21,22)16-6-2-5-15-13-3-1-4-14(13)17(23-18(15)16)11-7-9-12(10-8-11)24(25)26/h1-3,5-10,13-14,17,23H,4H2/t13-,14+,17+/m1/s1. The van der Waals surface area contributed by atoms with E-state index in [4.69, 9.17) is 0 Å². The molecular formula is C19H15F3N2O2. The summed E-state index contributed by atoms with van der Waals surface area (Å²) in [6, 6.07) is 9.93. The Bertz CT molecular complexity index is 891. The minimum atomic E-state index is -4.45. The van der Waals surface area contributed by atoms with E-state index >= 15 is 0 Å². The monoisotopic (exact) mass is 360 g/mol. The molecule has 7 heteroatoms. The number of halogens is 3. The molecule has 0 amide bonds. The van der Waals surface area contributed by atoms with E-state index in [0.717, 1.165) is 18.1 Å². The lowest BCUT2D eigenvalue weighted by molar-refractivity contribution is -0.384. The van der Waals surface area contributed by atoms with E-state index in [1.165, 1.54) is 18.2 Å². The van der Waals surface area contributed by atoms with E-state index in [1.807, 2.05) is 12.2 Å². The molecule has 0 bridgehead atoms. The summed E-state index contributed by atoms with van der Waals surface area (Å²) in [5.41, 5.74) is 0.785. The maximum Gasteiger partial charge on any atom is 0.418 e. The number of hydrogen-bond acceptors (Lipinski definition) is 3. The van der Waals surface area contributed by atoms with Crippen LogP contribution < -0.4 is 5.32 Å². The Kier molecular flexibility index (Phi) is 3.75. The highest BCUT2D eigenvalue weighted by atomic mass is 19.4. The van der Waals surface area contributed by atoms with Crippen molar-refractivity contribution in [1.82, 2.24) is 0 Å². The molecule has 0 spiro atoms. The highest BCUT2D eigenvalue weighted by molar-refractivity contribution is 5.65. The minimum absolute atomic E-state index is 0.0398. The molecule has 4 nitrogen and oxygen atoms in total. The van der Waals surface area contributed by atoms with Gasteiger partial charge >= 0.3 is 6.18 Å². The topological polar surface area (TPSA) is 55.2 Å². The lowest BCUT2D eigenvalue weighted by Crippen LogP contribution is -2.30. The summed E-state index contributed by atoms with van der Waals surface area (Å²) in [6.45, 7) is 0. The van der Waals surface area contributed by atoms with E-state index in [-0.39, 0.29) is 29.3 Å². The van der Waals surface area contributed by atoms with Crippen molar-refractivity contribution in [3.8, 4) is 0 Å². The largest absolute Gasteiger partial charge is 0.418 e.